The number of pyridine rings is 2. The van der Waals surface area contributed by atoms with Crippen molar-refractivity contribution < 1.29 is 86.0 Å². The molecule has 3 aromatic rings. The summed E-state index contributed by atoms with van der Waals surface area (Å²) < 4.78 is 174. The second-order valence-electron chi connectivity index (χ2n) is 10.9. The van der Waals surface area contributed by atoms with Crippen molar-refractivity contribution in [3.8, 4) is 5.75 Å². The highest BCUT2D eigenvalue weighted by Gasteiger charge is 2.50. The van der Waals surface area contributed by atoms with Gasteiger partial charge in [-0.15, -0.1) is 0 Å². The monoisotopic (exact) mass is 843 g/mol. The molecule has 2 N–H and O–H groups in total. The zero-order valence-electron chi connectivity index (χ0n) is 30.6. The van der Waals surface area contributed by atoms with E-state index in [9.17, 15) is 62.3 Å². The summed E-state index contributed by atoms with van der Waals surface area (Å²) in [6.45, 7) is 1.45. The predicted octanol–water partition coefficient (Wildman–Crippen LogP) is 9.02. The number of urea groups is 1. The number of hydrogen-bond acceptors (Lipinski definition) is 9. The fourth-order valence-corrected chi connectivity index (χ4v) is 4.31. The van der Waals surface area contributed by atoms with E-state index in [0.29, 0.717) is 12.1 Å². The maximum atomic E-state index is 13.2. The zero-order chi connectivity index (χ0) is 43.8. The molecule has 0 saturated heterocycles. The topological polar surface area (TPSA) is 133 Å². The van der Waals surface area contributed by atoms with Crippen molar-refractivity contribution in [3.63, 3.8) is 0 Å². The Morgan fingerprint density at radius 3 is 1.46 bits per heavy atom. The molecule has 0 aliphatic heterocycles. The van der Waals surface area contributed by atoms with Gasteiger partial charge in [0.25, 0.3) is 0 Å². The Morgan fingerprint density at radius 2 is 1.11 bits per heavy atom. The van der Waals surface area contributed by atoms with E-state index < -0.39 is 78.3 Å². The molecule has 0 fully saturated rings. The van der Waals surface area contributed by atoms with Crippen LogP contribution < -0.4 is 15.4 Å². The molecule has 24 heteroatoms. The SMILES string of the molecule is CCC(C(OC)OC)C(F)(F)F.COC(OC)C(N(C)C(=O)Nc1cc(C(F)(F)F)ccn1)C(F)(F)F.O=C(Nc1cc(C(F)(F)F)ccn1)Oc1ccccc1. The van der Waals surface area contributed by atoms with E-state index in [1.807, 2.05) is 5.32 Å². The lowest BCUT2D eigenvalue weighted by Crippen LogP contribution is -2.55. The molecule has 1 aromatic carbocycles. The third-order valence-electron chi connectivity index (χ3n) is 7.04. The van der Waals surface area contributed by atoms with Crippen molar-refractivity contribution in [2.45, 2.75) is 56.7 Å². The maximum absolute atomic E-state index is 13.2. The number of aromatic nitrogens is 2. The summed E-state index contributed by atoms with van der Waals surface area (Å²) >= 11 is 0. The number of amides is 3. The van der Waals surface area contributed by atoms with Crippen LogP contribution in [0.25, 0.3) is 0 Å². The van der Waals surface area contributed by atoms with Crippen LogP contribution in [0.15, 0.2) is 67.0 Å². The van der Waals surface area contributed by atoms with Gasteiger partial charge in [0.05, 0.1) is 11.1 Å². The Morgan fingerprint density at radius 1 is 0.667 bits per heavy atom. The lowest BCUT2D eigenvalue weighted by molar-refractivity contribution is -0.254. The maximum Gasteiger partial charge on any atom is 0.418 e. The fraction of sp³-hybridized carbons (Fsp3) is 0.455. The van der Waals surface area contributed by atoms with Crippen molar-refractivity contribution in [2.24, 2.45) is 5.92 Å². The van der Waals surface area contributed by atoms with Crippen LogP contribution in [0, 0.1) is 5.92 Å². The summed E-state index contributed by atoms with van der Waals surface area (Å²) in [6, 6.07) is 7.00. The van der Waals surface area contributed by atoms with Crippen LogP contribution in [0.1, 0.15) is 24.5 Å². The number of carbonyl (C=O) groups excluding carboxylic acids is 2. The van der Waals surface area contributed by atoms with Crippen molar-refractivity contribution in [1.29, 1.82) is 0 Å². The normalized spacial score (nSPS) is 13.1. The third kappa shape index (κ3) is 17.0. The van der Waals surface area contributed by atoms with E-state index in [1.54, 1.807) is 30.3 Å². The van der Waals surface area contributed by atoms with Gasteiger partial charge in [-0.3, -0.25) is 10.6 Å². The van der Waals surface area contributed by atoms with Crippen molar-refractivity contribution in [3.05, 3.63) is 78.1 Å². The average molecular weight is 844 g/mol. The molecule has 2 atom stereocenters. The number of benzene rings is 1. The minimum absolute atomic E-state index is 0.0458. The second-order valence-corrected chi connectivity index (χ2v) is 10.9. The summed E-state index contributed by atoms with van der Waals surface area (Å²) in [5.74, 6) is -2.07. The average Bonchev–Trinajstić information content (AvgIpc) is 3.11. The largest absolute Gasteiger partial charge is 0.418 e. The van der Waals surface area contributed by atoms with Gasteiger partial charge in [-0.2, -0.15) is 52.7 Å². The molecule has 2 unspecified atom stereocenters. The Kier molecular flexibility index (Phi) is 19.4. The van der Waals surface area contributed by atoms with Crippen LogP contribution in [0.3, 0.4) is 0 Å². The van der Waals surface area contributed by atoms with E-state index in [4.69, 9.17) is 4.74 Å². The van der Waals surface area contributed by atoms with E-state index >= 15 is 0 Å². The van der Waals surface area contributed by atoms with Gasteiger partial charge in [-0.25, -0.2) is 19.6 Å². The quantitative estimate of drug-likeness (QED) is 0.143. The number of ether oxygens (including phenoxy) is 5. The summed E-state index contributed by atoms with van der Waals surface area (Å²) in [5, 5.41) is 4.01. The van der Waals surface area contributed by atoms with Gasteiger partial charge in [0.1, 0.15) is 23.3 Å². The summed E-state index contributed by atoms with van der Waals surface area (Å²) in [4.78, 5) is 30.8. The molecule has 12 nitrogen and oxygen atoms in total. The molecule has 3 rings (SSSR count). The number of rotatable bonds is 11. The fourth-order valence-electron chi connectivity index (χ4n) is 4.31. The molecule has 0 spiro atoms. The van der Waals surface area contributed by atoms with E-state index in [-0.39, 0.29) is 22.9 Å². The first-order chi connectivity index (χ1) is 26.3. The lowest BCUT2D eigenvalue weighted by atomic mass is 10.1. The summed E-state index contributed by atoms with van der Waals surface area (Å²) in [6.07, 6.45) is -20.6. The Labute approximate surface area is 317 Å². The number of alkyl halides is 12. The lowest BCUT2D eigenvalue weighted by Gasteiger charge is -2.33. The molecular formula is C33H37F12N5O7. The van der Waals surface area contributed by atoms with Gasteiger partial charge in [0.15, 0.2) is 18.6 Å². The number of nitrogens with one attached hydrogen (secondary N) is 2. The van der Waals surface area contributed by atoms with Crippen molar-refractivity contribution >= 4 is 23.8 Å². The van der Waals surface area contributed by atoms with Crippen LogP contribution in [0.4, 0.5) is 73.9 Å². The molecule has 0 aliphatic carbocycles. The highest BCUT2D eigenvalue weighted by molar-refractivity contribution is 5.88. The van der Waals surface area contributed by atoms with Crippen molar-refractivity contribution in [2.75, 3.05) is 46.1 Å². The Bertz CT molecular complexity index is 1660. The number of carbonyl (C=O) groups is 2. The number of hydrogen-bond donors (Lipinski definition) is 2. The van der Waals surface area contributed by atoms with Crippen molar-refractivity contribution in [1.82, 2.24) is 14.9 Å². The smallest absolute Gasteiger partial charge is 0.410 e. The van der Waals surface area contributed by atoms with Gasteiger partial charge in [0.2, 0.25) is 0 Å². The molecule has 0 aliphatic rings. The molecule has 3 amide bonds. The minimum Gasteiger partial charge on any atom is -0.410 e. The molecule has 57 heavy (non-hydrogen) atoms. The number of anilines is 2. The highest BCUT2D eigenvalue weighted by atomic mass is 19.4. The number of para-hydroxylation sites is 1. The Hall–Kier alpha value is -4.94. The van der Waals surface area contributed by atoms with Gasteiger partial charge in [-0.1, -0.05) is 25.1 Å². The molecular weight excluding hydrogens is 806 g/mol. The van der Waals surface area contributed by atoms with E-state index in [1.165, 1.54) is 21.1 Å². The molecule has 2 heterocycles. The van der Waals surface area contributed by atoms with Gasteiger partial charge in [0, 0.05) is 47.9 Å². The molecule has 0 saturated carbocycles. The molecule has 2 aromatic heterocycles. The van der Waals surface area contributed by atoms with E-state index in [0.717, 1.165) is 45.8 Å². The molecule has 0 bridgehead atoms. The van der Waals surface area contributed by atoms with Crippen LogP contribution >= 0.6 is 0 Å². The van der Waals surface area contributed by atoms with Crippen LogP contribution in [0.2, 0.25) is 0 Å². The van der Waals surface area contributed by atoms with Crippen LogP contribution in [-0.2, 0) is 31.3 Å². The molecule has 320 valence electrons. The predicted molar refractivity (Wildman–Crippen MR) is 177 cm³/mol. The van der Waals surface area contributed by atoms with Crippen LogP contribution in [-0.4, -0.2) is 93.5 Å². The van der Waals surface area contributed by atoms with E-state index in [2.05, 4.69) is 34.2 Å². The van der Waals surface area contributed by atoms with Gasteiger partial charge >= 0.3 is 36.8 Å². The third-order valence-corrected chi connectivity index (χ3v) is 7.04. The number of nitrogens with zero attached hydrogens (tertiary/aromatic N) is 3. The number of methoxy groups -OCH3 is 4. The van der Waals surface area contributed by atoms with Gasteiger partial charge in [-0.05, 0) is 42.8 Å². The first-order valence-electron chi connectivity index (χ1n) is 15.7. The highest BCUT2D eigenvalue weighted by Crippen LogP contribution is 2.34. The first-order valence-corrected chi connectivity index (χ1v) is 15.7. The first kappa shape index (κ1) is 50.1. The number of likely N-dealkylation sites (N-methyl/N-ethyl adjacent to an activating group) is 1. The zero-order valence-corrected chi connectivity index (χ0v) is 30.6. The molecule has 0 radical (unpaired) electrons. The van der Waals surface area contributed by atoms with Crippen LogP contribution in [0.5, 0.6) is 5.75 Å². The Balaban J connectivity index is 0.000000454. The second kappa shape index (κ2) is 22.1. The summed E-state index contributed by atoms with van der Waals surface area (Å²) in [5.41, 5.74) is -2.01. The van der Waals surface area contributed by atoms with Gasteiger partial charge < -0.3 is 28.6 Å². The minimum atomic E-state index is -4.91. The standard InChI is InChI=1S/C13H15F6N3O3.C13H9F3N2O2.C7H13F3O2/c1-22(9(13(17,18)19)10(24-2)25-3)11(23)21-8-6-7(4-5-20-8)12(14,15)16;14-13(15,16)9-6-7-17-11(8-9)18-12(19)20-10-4-2-1-3-5-10;1-4-5(7(8,9)10)6(11-2)12-3/h4-6,9-10H,1-3H3,(H,20,21,23);1-8H,(H,17,18,19);5-6H,4H2,1-3H3. The summed E-state index contributed by atoms with van der Waals surface area (Å²) in [7, 11) is 5.09. The number of halogens is 12.